The largest absolute Gasteiger partial charge is 0.386 e. The van der Waals surface area contributed by atoms with E-state index in [1.807, 2.05) is 0 Å². The molecule has 0 aromatic carbocycles. The monoisotopic (exact) mass is 240 g/mol. The average molecular weight is 240 g/mol. The van der Waals surface area contributed by atoms with Crippen molar-refractivity contribution in [1.82, 2.24) is 9.55 Å². The molecule has 1 aliphatic heterocycles. The van der Waals surface area contributed by atoms with Crippen molar-refractivity contribution in [3.05, 3.63) is 20.8 Å². The number of nitrogens with two attached hydrogens (primary N) is 1. The number of aromatic nitrogens is 2. The van der Waals surface area contributed by atoms with Gasteiger partial charge in [-0.2, -0.15) is 0 Å². The number of β-amino-alcohol motifs (C(OH)–C–C–N with tert-alkyl or cyclic N) is 1. The smallest absolute Gasteiger partial charge is 0.330 e. The van der Waals surface area contributed by atoms with Crippen LogP contribution in [0.3, 0.4) is 0 Å². The van der Waals surface area contributed by atoms with Gasteiger partial charge in [-0.3, -0.25) is 14.3 Å². The minimum Gasteiger partial charge on any atom is -0.386 e. The molecule has 4 N–H and O–H groups in total. The molecular formula is C10H16N4O3. The van der Waals surface area contributed by atoms with E-state index in [0.29, 0.717) is 19.6 Å². The molecule has 0 spiro atoms. The third kappa shape index (κ3) is 1.82. The van der Waals surface area contributed by atoms with Crippen LogP contribution in [0.25, 0.3) is 0 Å². The van der Waals surface area contributed by atoms with Crippen LogP contribution >= 0.6 is 0 Å². The third-order valence-corrected chi connectivity index (χ3v) is 2.91. The second-order valence-corrected chi connectivity index (χ2v) is 4.59. The number of nitrogens with one attached hydrogen (secondary N) is 1. The Morgan fingerprint density at radius 3 is 2.53 bits per heavy atom. The summed E-state index contributed by atoms with van der Waals surface area (Å²) in [4.78, 5) is 27.1. The van der Waals surface area contributed by atoms with Crippen molar-refractivity contribution >= 4 is 11.5 Å². The number of anilines is 2. The van der Waals surface area contributed by atoms with E-state index >= 15 is 0 Å². The van der Waals surface area contributed by atoms with E-state index in [2.05, 4.69) is 4.98 Å². The zero-order chi connectivity index (χ0) is 12.8. The lowest BCUT2D eigenvalue weighted by Crippen LogP contribution is -2.61. The van der Waals surface area contributed by atoms with Crippen LogP contribution in [0, 0.1) is 0 Å². The highest BCUT2D eigenvalue weighted by molar-refractivity contribution is 5.64. The molecule has 0 saturated carbocycles. The number of aliphatic hydroxyl groups is 1. The first-order valence-corrected chi connectivity index (χ1v) is 5.45. The van der Waals surface area contributed by atoms with Crippen LogP contribution < -0.4 is 21.9 Å². The SMILES string of the molecule is CCn1c(N)c(N2CC(C)(O)C2)c(=O)[nH]c1=O. The highest BCUT2D eigenvalue weighted by Gasteiger charge is 2.39. The van der Waals surface area contributed by atoms with Crippen LogP contribution in [0.2, 0.25) is 0 Å². The van der Waals surface area contributed by atoms with Gasteiger partial charge in [0.15, 0.2) is 0 Å². The molecule has 0 unspecified atom stereocenters. The first-order valence-electron chi connectivity index (χ1n) is 5.45. The minimum atomic E-state index is -0.800. The molecule has 7 nitrogen and oxygen atoms in total. The van der Waals surface area contributed by atoms with E-state index in [4.69, 9.17) is 5.73 Å². The maximum atomic E-state index is 11.7. The second kappa shape index (κ2) is 3.63. The fourth-order valence-electron chi connectivity index (χ4n) is 2.13. The fourth-order valence-corrected chi connectivity index (χ4v) is 2.13. The number of hydrogen-bond donors (Lipinski definition) is 3. The van der Waals surface area contributed by atoms with E-state index in [1.54, 1.807) is 18.7 Å². The molecular weight excluding hydrogens is 224 g/mol. The van der Waals surface area contributed by atoms with Gasteiger partial charge in [0.25, 0.3) is 5.56 Å². The van der Waals surface area contributed by atoms with Gasteiger partial charge in [0.2, 0.25) is 0 Å². The predicted octanol–water partition coefficient (Wildman–Crippen LogP) is -1.29. The highest BCUT2D eigenvalue weighted by Crippen LogP contribution is 2.27. The van der Waals surface area contributed by atoms with Crippen LogP contribution in [0.15, 0.2) is 9.59 Å². The summed E-state index contributed by atoms with van der Waals surface area (Å²) in [6.07, 6.45) is 0. The standard InChI is InChI=1S/C10H16N4O3/c1-3-14-7(11)6(8(15)12-9(14)16)13-4-10(2,17)5-13/h17H,3-5,11H2,1-2H3,(H,12,15,16). The third-order valence-electron chi connectivity index (χ3n) is 2.91. The molecule has 0 radical (unpaired) electrons. The van der Waals surface area contributed by atoms with Crippen LogP contribution in [0.1, 0.15) is 13.8 Å². The Balaban J connectivity index is 2.49. The lowest BCUT2D eigenvalue weighted by molar-refractivity contribution is 0.0309. The van der Waals surface area contributed by atoms with Gasteiger partial charge in [-0.15, -0.1) is 0 Å². The Kier molecular flexibility index (Phi) is 2.50. The summed E-state index contributed by atoms with van der Waals surface area (Å²) in [5, 5.41) is 9.64. The van der Waals surface area contributed by atoms with Crippen LogP contribution in [0.5, 0.6) is 0 Å². The normalized spacial score (nSPS) is 17.9. The van der Waals surface area contributed by atoms with Gasteiger partial charge in [0, 0.05) is 19.6 Å². The van der Waals surface area contributed by atoms with E-state index in [9.17, 15) is 14.7 Å². The number of rotatable bonds is 2. The van der Waals surface area contributed by atoms with Crippen molar-refractivity contribution in [3.8, 4) is 0 Å². The lowest BCUT2D eigenvalue weighted by Gasteiger charge is -2.45. The van der Waals surface area contributed by atoms with Crippen LogP contribution in [0.4, 0.5) is 11.5 Å². The predicted molar refractivity (Wildman–Crippen MR) is 64.2 cm³/mol. The summed E-state index contributed by atoms with van der Waals surface area (Å²) in [5.41, 5.74) is 4.26. The highest BCUT2D eigenvalue weighted by atomic mass is 16.3. The Labute approximate surface area is 97.5 Å². The zero-order valence-corrected chi connectivity index (χ0v) is 9.86. The van der Waals surface area contributed by atoms with Crippen molar-refractivity contribution in [1.29, 1.82) is 0 Å². The quantitative estimate of drug-likeness (QED) is 0.596. The van der Waals surface area contributed by atoms with Gasteiger partial charge >= 0.3 is 5.69 Å². The maximum Gasteiger partial charge on any atom is 0.330 e. The molecule has 0 atom stereocenters. The van der Waals surface area contributed by atoms with Gasteiger partial charge < -0.3 is 15.7 Å². The summed E-state index contributed by atoms with van der Waals surface area (Å²) in [6, 6.07) is 0. The number of nitrogens with zero attached hydrogens (tertiary/aromatic N) is 2. The molecule has 1 fully saturated rings. The summed E-state index contributed by atoms with van der Waals surface area (Å²) in [7, 11) is 0. The first-order chi connectivity index (χ1) is 7.85. The van der Waals surface area contributed by atoms with Crippen molar-refractivity contribution in [3.63, 3.8) is 0 Å². The van der Waals surface area contributed by atoms with Crippen LogP contribution in [-0.4, -0.2) is 33.3 Å². The number of nitrogen functional groups attached to an aromatic ring is 1. The molecule has 7 heteroatoms. The molecule has 1 saturated heterocycles. The van der Waals surface area contributed by atoms with Gasteiger partial charge in [-0.25, -0.2) is 4.79 Å². The van der Waals surface area contributed by atoms with E-state index < -0.39 is 16.9 Å². The molecule has 1 aliphatic rings. The van der Waals surface area contributed by atoms with Gasteiger partial charge in [-0.05, 0) is 13.8 Å². The minimum absolute atomic E-state index is 0.150. The Bertz CT molecular complexity index is 550. The van der Waals surface area contributed by atoms with Gasteiger partial charge in [0.05, 0.1) is 5.60 Å². The van der Waals surface area contributed by atoms with Crippen molar-refractivity contribution in [2.75, 3.05) is 23.7 Å². The van der Waals surface area contributed by atoms with Gasteiger partial charge in [0.1, 0.15) is 11.5 Å². The number of H-pyrrole nitrogens is 1. The average Bonchev–Trinajstić information content (AvgIpc) is 2.14. The molecule has 0 bridgehead atoms. The second-order valence-electron chi connectivity index (χ2n) is 4.59. The summed E-state index contributed by atoms with van der Waals surface area (Å²) >= 11 is 0. The van der Waals surface area contributed by atoms with E-state index in [0.717, 1.165) is 0 Å². The van der Waals surface area contributed by atoms with Crippen LogP contribution in [-0.2, 0) is 6.54 Å². The van der Waals surface area contributed by atoms with Gasteiger partial charge in [-0.1, -0.05) is 0 Å². The zero-order valence-electron chi connectivity index (χ0n) is 9.86. The molecule has 1 aromatic rings. The molecule has 0 amide bonds. The topological polar surface area (TPSA) is 104 Å². The first kappa shape index (κ1) is 11.7. The van der Waals surface area contributed by atoms with Crippen molar-refractivity contribution in [2.24, 2.45) is 0 Å². The van der Waals surface area contributed by atoms with Crippen molar-refractivity contribution in [2.45, 2.75) is 26.0 Å². The molecule has 0 aliphatic carbocycles. The molecule has 2 heterocycles. The maximum absolute atomic E-state index is 11.7. The molecule has 2 rings (SSSR count). The fraction of sp³-hybridized carbons (Fsp3) is 0.600. The molecule has 94 valence electrons. The number of aromatic amines is 1. The number of hydrogen-bond acceptors (Lipinski definition) is 5. The summed E-state index contributed by atoms with van der Waals surface area (Å²) in [6.45, 7) is 4.51. The lowest BCUT2D eigenvalue weighted by atomic mass is 9.96. The Morgan fingerprint density at radius 2 is 2.06 bits per heavy atom. The van der Waals surface area contributed by atoms with E-state index in [-0.39, 0.29) is 11.5 Å². The molecule has 17 heavy (non-hydrogen) atoms. The Morgan fingerprint density at radius 1 is 1.47 bits per heavy atom. The van der Waals surface area contributed by atoms with Crippen molar-refractivity contribution < 1.29 is 5.11 Å². The molecule has 1 aromatic heterocycles. The summed E-state index contributed by atoms with van der Waals surface area (Å²) in [5.74, 6) is 0.150. The van der Waals surface area contributed by atoms with E-state index in [1.165, 1.54) is 4.57 Å². The summed E-state index contributed by atoms with van der Waals surface area (Å²) < 4.78 is 1.30. The Hall–Kier alpha value is -1.76.